The van der Waals surface area contributed by atoms with Crippen LogP contribution < -0.4 is 10.1 Å². The Morgan fingerprint density at radius 2 is 2.13 bits per heavy atom. The van der Waals surface area contributed by atoms with Gasteiger partial charge in [0.15, 0.2) is 0 Å². The molecule has 0 spiro atoms. The van der Waals surface area contributed by atoms with E-state index >= 15 is 0 Å². The van der Waals surface area contributed by atoms with Crippen molar-refractivity contribution in [1.29, 1.82) is 0 Å². The van der Waals surface area contributed by atoms with E-state index in [1.165, 1.54) is 17.7 Å². The molecule has 8 heteroatoms. The van der Waals surface area contributed by atoms with Crippen LogP contribution in [-0.4, -0.2) is 32.8 Å². The minimum atomic E-state index is -0.232. The quantitative estimate of drug-likeness (QED) is 0.773. The van der Waals surface area contributed by atoms with E-state index in [2.05, 4.69) is 20.4 Å². The first kappa shape index (κ1) is 15.2. The molecular weight excluding hydrogens is 314 g/mol. The van der Waals surface area contributed by atoms with Gasteiger partial charge in [-0.25, -0.2) is 9.97 Å². The highest BCUT2D eigenvalue weighted by Crippen LogP contribution is 2.25. The Morgan fingerprint density at radius 1 is 1.35 bits per heavy atom. The van der Waals surface area contributed by atoms with Crippen LogP contribution in [0.15, 0.2) is 36.0 Å². The van der Waals surface area contributed by atoms with Gasteiger partial charge in [-0.1, -0.05) is 0 Å². The van der Waals surface area contributed by atoms with Crippen LogP contribution in [0.1, 0.15) is 16.3 Å². The molecule has 0 radical (unpaired) electrons. The smallest absolute Gasteiger partial charge is 0.271 e. The van der Waals surface area contributed by atoms with E-state index in [0.29, 0.717) is 18.1 Å². The SMILES string of the molecule is COc1ccc(-c2nc(C(=O)NCc3ncnn3C)cs2)cc1. The summed E-state index contributed by atoms with van der Waals surface area (Å²) in [6.45, 7) is 0.310. The lowest BCUT2D eigenvalue weighted by molar-refractivity contribution is 0.0945. The first-order valence-electron chi connectivity index (χ1n) is 6.88. The molecule has 0 unspecified atom stereocenters. The molecule has 3 aromatic rings. The van der Waals surface area contributed by atoms with E-state index in [-0.39, 0.29) is 5.91 Å². The molecule has 1 N–H and O–H groups in total. The summed E-state index contributed by atoms with van der Waals surface area (Å²) in [6.07, 6.45) is 1.45. The monoisotopic (exact) mass is 329 g/mol. The molecule has 0 saturated heterocycles. The topological polar surface area (TPSA) is 81.9 Å². The van der Waals surface area contributed by atoms with Crippen molar-refractivity contribution < 1.29 is 9.53 Å². The summed E-state index contributed by atoms with van der Waals surface area (Å²) < 4.78 is 6.75. The largest absolute Gasteiger partial charge is 0.497 e. The van der Waals surface area contributed by atoms with Gasteiger partial charge in [-0.05, 0) is 24.3 Å². The molecule has 2 heterocycles. The number of benzene rings is 1. The van der Waals surface area contributed by atoms with E-state index in [1.54, 1.807) is 24.2 Å². The molecule has 0 bridgehead atoms. The molecule has 118 valence electrons. The number of aryl methyl sites for hydroxylation is 1. The highest BCUT2D eigenvalue weighted by molar-refractivity contribution is 7.13. The van der Waals surface area contributed by atoms with Gasteiger partial charge in [0.05, 0.1) is 13.7 Å². The Bertz CT molecular complexity index is 809. The maximum absolute atomic E-state index is 12.2. The molecular formula is C15H15N5O2S. The number of hydrogen-bond donors (Lipinski definition) is 1. The molecule has 0 saturated carbocycles. The van der Waals surface area contributed by atoms with Gasteiger partial charge in [0.1, 0.15) is 28.6 Å². The molecule has 0 aliphatic heterocycles. The van der Waals surface area contributed by atoms with Crippen LogP contribution in [0.25, 0.3) is 10.6 Å². The fourth-order valence-corrected chi connectivity index (χ4v) is 2.78. The number of thiazole rings is 1. The number of ether oxygens (including phenoxy) is 1. The molecule has 3 rings (SSSR count). The average molecular weight is 329 g/mol. The van der Waals surface area contributed by atoms with Crippen LogP contribution in [-0.2, 0) is 13.6 Å². The molecule has 0 aliphatic rings. The Morgan fingerprint density at radius 3 is 2.78 bits per heavy atom. The number of hydrogen-bond acceptors (Lipinski definition) is 6. The van der Waals surface area contributed by atoms with Crippen LogP contribution in [0, 0.1) is 0 Å². The van der Waals surface area contributed by atoms with Gasteiger partial charge in [0, 0.05) is 18.0 Å². The van der Waals surface area contributed by atoms with Gasteiger partial charge < -0.3 is 10.1 Å². The van der Waals surface area contributed by atoms with Crippen molar-refractivity contribution in [1.82, 2.24) is 25.1 Å². The average Bonchev–Trinajstić information content (AvgIpc) is 3.22. The first-order valence-corrected chi connectivity index (χ1v) is 7.76. The van der Waals surface area contributed by atoms with Gasteiger partial charge in [-0.2, -0.15) is 5.10 Å². The summed E-state index contributed by atoms with van der Waals surface area (Å²) in [4.78, 5) is 20.6. The van der Waals surface area contributed by atoms with Gasteiger partial charge in [0.2, 0.25) is 0 Å². The van der Waals surface area contributed by atoms with Crippen molar-refractivity contribution in [2.75, 3.05) is 7.11 Å². The lowest BCUT2D eigenvalue weighted by Crippen LogP contribution is -2.24. The van der Waals surface area contributed by atoms with Crippen molar-refractivity contribution in [3.05, 3.63) is 47.5 Å². The number of aromatic nitrogens is 4. The third kappa shape index (κ3) is 3.37. The van der Waals surface area contributed by atoms with Crippen LogP contribution >= 0.6 is 11.3 Å². The molecule has 1 amide bonds. The third-order valence-electron chi connectivity index (χ3n) is 3.29. The van der Waals surface area contributed by atoms with Crippen molar-refractivity contribution in [2.45, 2.75) is 6.54 Å². The predicted octanol–water partition coefficient (Wildman–Crippen LogP) is 1.88. The van der Waals surface area contributed by atoms with Crippen LogP contribution in [0.2, 0.25) is 0 Å². The fraction of sp³-hybridized carbons (Fsp3) is 0.200. The van der Waals surface area contributed by atoms with Crippen molar-refractivity contribution in [3.63, 3.8) is 0 Å². The highest BCUT2D eigenvalue weighted by atomic mass is 32.1. The Balaban J connectivity index is 1.68. The van der Waals surface area contributed by atoms with Crippen LogP contribution in [0.5, 0.6) is 5.75 Å². The summed E-state index contributed by atoms with van der Waals surface area (Å²) >= 11 is 1.42. The number of nitrogens with one attached hydrogen (secondary N) is 1. The summed E-state index contributed by atoms with van der Waals surface area (Å²) in [5.74, 6) is 1.24. The summed E-state index contributed by atoms with van der Waals surface area (Å²) in [6, 6.07) is 7.56. The third-order valence-corrected chi connectivity index (χ3v) is 4.18. The lowest BCUT2D eigenvalue weighted by Gasteiger charge is -2.02. The minimum absolute atomic E-state index is 0.232. The van der Waals surface area contributed by atoms with Crippen molar-refractivity contribution in [2.24, 2.45) is 7.05 Å². The fourth-order valence-electron chi connectivity index (χ4n) is 1.97. The summed E-state index contributed by atoms with van der Waals surface area (Å²) in [7, 11) is 3.40. The van der Waals surface area contributed by atoms with E-state index in [4.69, 9.17) is 4.74 Å². The minimum Gasteiger partial charge on any atom is -0.497 e. The number of methoxy groups -OCH3 is 1. The maximum Gasteiger partial charge on any atom is 0.271 e. The van der Waals surface area contributed by atoms with E-state index in [1.807, 2.05) is 24.3 Å². The molecule has 7 nitrogen and oxygen atoms in total. The lowest BCUT2D eigenvalue weighted by atomic mass is 10.2. The zero-order valence-electron chi connectivity index (χ0n) is 12.7. The Kier molecular flexibility index (Phi) is 4.33. The zero-order valence-corrected chi connectivity index (χ0v) is 13.5. The molecule has 0 fully saturated rings. The van der Waals surface area contributed by atoms with Crippen molar-refractivity contribution >= 4 is 17.2 Å². The normalized spacial score (nSPS) is 10.5. The van der Waals surface area contributed by atoms with E-state index < -0.39 is 0 Å². The zero-order chi connectivity index (χ0) is 16.2. The molecule has 0 atom stereocenters. The summed E-state index contributed by atoms with van der Waals surface area (Å²) in [5.41, 5.74) is 1.34. The van der Waals surface area contributed by atoms with Crippen LogP contribution in [0.3, 0.4) is 0 Å². The maximum atomic E-state index is 12.2. The standard InChI is InChI=1S/C15H15N5O2S/c1-20-13(17-9-18-20)7-16-14(21)12-8-23-15(19-12)10-3-5-11(22-2)6-4-10/h3-6,8-9H,7H2,1-2H3,(H,16,21). The molecule has 23 heavy (non-hydrogen) atoms. The number of carbonyl (C=O) groups is 1. The summed E-state index contributed by atoms with van der Waals surface area (Å²) in [5, 5.41) is 9.27. The van der Waals surface area contributed by atoms with Crippen LogP contribution in [0.4, 0.5) is 0 Å². The Labute approximate surface area is 137 Å². The first-order chi connectivity index (χ1) is 11.2. The number of nitrogens with zero attached hydrogens (tertiary/aromatic N) is 4. The predicted molar refractivity (Wildman–Crippen MR) is 86.3 cm³/mol. The number of rotatable bonds is 5. The number of amides is 1. The highest BCUT2D eigenvalue weighted by Gasteiger charge is 2.12. The second-order valence-electron chi connectivity index (χ2n) is 4.75. The molecule has 1 aromatic carbocycles. The second-order valence-corrected chi connectivity index (χ2v) is 5.61. The second kappa shape index (κ2) is 6.57. The van der Waals surface area contributed by atoms with Gasteiger partial charge in [-0.15, -0.1) is 11.3 Å². The molecule has 0 aliphatic carbocycles. The Hall–Kier alpha value is -2.74. The molecule has 2 aromatic heterocycles. The number of carbonyl (C=O) groups excluding carboxylic acids is 1. The van der Waals surface area contributed by atoms with Gasteiger partial charge in [-0.3, -0.25) is 9.48 Å². The van der Waals surface area contributed by atoms with Gasteiger partial charge >= 0.3 is 0 Å². The van der Waals surface area contributed by atoms with Gasteiger partial charge in [0.25, 0.3) is 5.91 Å². The van der Waals surface area contributed by atoms with E-state index in [9.17, 15) is 4.79 Å². The van der Waals surface area contributed by atoms with Crippen molar-refractivity contribution in [3.8, 4) is 16.3 Å². The van der Waals surface area contributed by atoms with E-state index in [0.717, 1.165) is 16.3 Å².